The van der Waals surface area contributed by atoms with Crippen LogP contribution < -0.4 is 0 Å². The maximum absolute atomic E-state index is 11.2. The number of rotatable bonds is 3. The zero-order valence-electron chi connectivity index (χ0n) is 10.8. The van der Waals surface area contributed by atoms with Crippen molar-refractivity contribution in [3.63, 3.8) is 0 Å². The van der Waals surface area contributed by atoms with E-state index in [1.807, 2.05) is 6.07 Å². The smallest absolute Gasteiger partial charge is 0.134 e. The molecule has 1 aliphatic carbocycles. The van der Waals surface area contributed by atoms with Gasteiger partial charge in [-0.3, -0.25) is 4.79 Å². The molecule has 0 amide bonds. The molecule has 1 atom stereocenters. The zero-order chi connectivity index (χ0) is 13.1. The van der Waals surface area contributed by atoms with Crippen LogP contribution in [0, 0.1) is 5.92 Å². The molecule has 2 heteroatoms. The second kappa shape index (κ2) is 5.57. The Balaban J connectivity index is 2.44. The Hall–Kier alpha value is -1.28. The van der Waals surface area contributed by atoms with Crippen molar-refractivity contribution < 1.29 is 4.79 Å². The summed E-state index contributed by atoms with van der Waals surface area (Å²) in [6, 6.07) is 6.27. The fourth-order valence-electron chi connectivity index (χ4n) is 2.30. The van der Waals surface area contributed by atoms with Gasteiger partial charge >= 0.3 is 0 Å². The Morgan fingerprint density at radius 2 is 2.17 bits per heavy atom. The lowest BCUT2D eigenvalue weighted by Gasteiger charge is -2.10. The highest BCUT2D eigenvalue weighted by Gasteiger charge is 2.11. The molecular weight excluding hydrogens is 240 g/mol. The molecule has 0 bridgehead atoms. The summed E-state index contributed by atoms with van der Waals surface area (Å²) in [5, 5.41) is 0. The van der Waals surface area contributed by atoms with E-state index in [-0.39, 0.29) is 5.78 Å². The largest absolute Gasteiger partial charge is 0.300 e. The number of fused-ring (bicyclic) bond motifs is 1. The molecule has 1 aromatic carbocycles. The molecule has 0 fully saturated rings. The van der Waals surface area contributed by atoms with Crippen LogP contribution in [0.3, 0.4) is 0 Å². The molecule has 0 aromatic heterocycles. The van der Waals surface area contributed by atoms with Gasteiger partial charge in [-0.1, -0.05) is 43.4 Å². The van der Waals surface area contributed by atoms with Crippen molar-refractivity contribution in [1.82, 2.24) is 0 Å². The van der Waals surface area contributed by atoms with Crippen molar-refractivity contribution >= 4 is 30.1 Å². The number of carbonyl (C=O) groups excluding carboxylic acids is 1. The topological polar surface area (TPSA) is 17.1 Å². The first-order valence-corrected chi connectivity index (χ1v) is 6.86. The Kier molecular flexibility index (Phi) is 4.07. The lowest BCUT2D eigenvalue weighted by molar-refractivity contribution is -0.116. The highest BCUT2D eigenvalue weighted by Crippen LogP contribution is 2.28. The first-order chi connectivity index (χ1) is 8.60. The number of thiol groups is 1. The van der Waals surface area contributed by atoms with E-state index < -0.39 is 0 Å². The molecule has 1 unspecified atom stereocenters. The standard InChI is InChI=1S/C16H18OS/c1-11-3-5-14-9-13(8-12(2)17)4-6-16(14)15(7-11)10-18/h3-7,9,11,18H,8,10H2,1-2H3. The van der Waals surface area contributed by atoms with Crippen LogP contribution in [0.2, 0.25) is 0 Å². The second-order valence-corrected chi connectivity index (χ2v) is 5.18. The molecule has 18 heavy (non-hydrogen) atoms. The van der Waals surface area contributed by atoms with Crippen LogP contribution in [-0.4, -0.2) is 11.5 Å². The lowest BCUT2D eigenvalue weighted by atomic mass is 9.97. The van der Waals surface area contributed by atoms with Crippen LogP contribution >= 0.6 is 12.6 Å². The van der Waals surface area contributed by atoms with Gasteiger partial charge in [0.2, 0.25) is 0 Å². The maximum Gasteiger partial charge on any atom is 0.134 e. The molecule has 0 saturated heterocycles. The number of hydrogen-bond donors (Lipinski definition) is 1. The minimum absolute atomic E-state index is 0.200. The van der Waals surface area contributed by atoms with Crippen molar-refractivity contribution in [2.75, 3.05) is 5.75 Å². The number of hydrogen-bond acceptors (Lipinski definition) is 2. The van der Waals surface area contributed by atoms with Crippen molar-refractivity contribution in [3.8, 4) is 0 Å². The average Bonchev–Trinajstić information content (AvgIpc) is 2.48. The Morgan fingerprint density at radius 3 is 2.83 bits per heavy atom. The molecule has 0 spiro atoms. The summed E-state index contributed by atoms with van der Waals surface area (Å²) in [6.07, 6.45) is 7.10. The van der Waals surface area contributed by atoms with Gasteiger partial charge in [0.05, 0.1) is 0 Å². The van der Waals surface area contributed by atoms with Crippen LogP contribution in [0.5, 0.6) is 0 Å². The van der Waals surface area contributed by atoms with Crippen LogP contribution in [0.25, 0.3) is 11.6 Å². The SMILES string of the molecule is CC(=O)Cc1ccc2c(c1)C=CC(C)C=C2CS. The number of benzene rings is 1. The van der Waals surface area contributed by atoms with E-state index in [0.717, 1.165) is 11.3 Å². The van der Waals surface area contributed by atoms with Gasteiger partial charge in [0.15, 0.2) is 0 Å². The number of allylic oxidation sites excluding steroid dienone is 2. The lowest BCUT2D eigenvalue weighted by Crippen LogP contribution is -1.98. The van der Waals surface area contributed by atoms with E-state index >= 15 is 0 Å². The quantitative estimate of drug-likeness (QED) is 0.816. The molecule has 1 nitrogen and oxygen atoms in total. The summed E-state index contributed by atoms with van der Waals surface area (Å²) in [5.41, 5.74) is 4.77. The van der Waals surface area contributed by atoms with Crippen molar-refractivity contribution in [3.05, 3.63) is 47.0 Å². The first-order valence-electron chi connectivity index (χ1n) is 6.22. The van der Waals surface area contributed by atoms with Gasteiger partial charge in [-0.2, -0.15) is 12.6 Å². The highest BCUT2D eigenvalue weighted by molar-refractivity contribution is 7.80. The van der Waals surface area contributed by atoms with Gasteiger partial charge in [0.1, 0.15) is 5.78 Å². The Labute approximate surface area is 114 Å². The van der Waals surface area contributed by atoms with Gasteiger partial charge in [-0.05, 0) is 35.1 Å². The molecule has 0 N–H and O–H groups in total. The van der Waals surface area contributed by atoms with Crippen molar-refractivity contribution in [2.24, 2.45) is 5.92 Å². The third-order valence-electron chi connectivity index (χ3n) is 3.13. The molecule has 94 valence electrons. The van der Waals surface area contributed by atoms with E-state index in [1.54, 1.807) is 6.92 Å². The minimum Gasteiger partial charge on any atom is -0.300 e. The third kappa shape index (κ3) is 2.94. The molecule has 2 rings (SSSR count). The van der Waals surface area contributed by atoms with Gasteiger partial charge in [0.25, 0.3) is 0 Å². The van der Waals surface area contributed by atoms with Gasteiger partial charge in [-0.15, -0.1) is 0 Å². The normalized spacial score (nSPS) is 17.9. The summed E-state index contributed by atoms with van der Waals surface area (Å²) in [6.45, 7) is 3.80. The number of ketones is 1. The summed E-state index contributed by atoms with van der Waals surface area (Å²) in [5.74, 6) is 1.37. The Bertz CT molecular complexity index is 526. The second-order valence-electron chi connectivity index (χ2n) is 4.87. The molecule has 1 aliphatic rings. The van der Waals surface area contributed by atoms with Crippen LogP contribution in [0.1, 0.15) is 30.5 Å². The first kappa shape index (κ1) is 13.2. The van der Waals surface area contributed by atoms with Crippen LogP contribution in [-0.2, 0) is 11.2 Å². The zero-order valence-corrected chi connectivity index (χ0v) is 11.7. The van der Waals surface area contributed by atoms with E-state index in [1.165, 1.54) is 16.7 Å². The van der Waals surface area contributed by atoms with Crippen molar-refractivity contribution in [1.29, 1.82) is 0 Å². The van der Waals surface area contributed by atoms with E-state index in [9.17, 15) is 4.79 Å². The predicted octanol–water partition coefficient (Wildman–Crippen LogP) is 3.79. The molecule has 0 saturated carbocycles. The molecular formula is C16H18OS. The summed E-state index contributed by atoms with van der Waals surface area (Å²) >= 11 is 4.41. The minimum atomic E-state index is 0.200. The monoisotopic (exact) mass is 258 g/mol. The van der Waals surface area contributed by atoms with Crippen LogP contribution in [0.4, 0.5) is 0 Å². The van der Waals surface area contributed by atoms with Crippen molar-refractivity contribution in [2.45, 2.75) is 20.3 Å². The highest BCUT2D eigenvalue weighted by atomic mass is 32.1. The average molecular weight is 258 g/mol. The van der Waals surface area contributed by atoms with E-state index in [0.29, 0.717) is 12.3 Å². The molecule has 0 aliphatic heterocycles. The van der Waals surface area contributed by atoms with E-state index in [2.05, 4.69) is 49.9 Å². The summed E-state index contributed by atoms with van der Waals surface area (Å²) < 4.78 is 0. The third-order valence-corrected chi connectivity index (χ3v) is 3.47. The summed E-state index contributed by atoms with van der Waals surface area (Å²) in [7, 11) is 0. The van der Waals surface area contributed by atoms with Gasteiger partial charge < -0.3 is 0 Å². The number of Topliss-reactive ketones (excluding diaryl/α,β-unsaturated/α-hetero) is 1. The number of carbonyl (C=O) groups is 1. The molecule has 0 radical (unpaired) electrons. The fraction of sp³-hybridized carbons (Fsp3) is 0.312. The Morgan fingerprint density at radius 1 is 1.39 bits per heavy atom. The maximum atomic E-state index is 11.2. The van der Waals surface area contributed by atoms with Crippen LogP contribution in [0.15, 0.2) is 30.4 Å². The van der Waals surface area contributed by atoms with Gasteiger partial charge in [0, 0.05) is 12.2 Å². The molecule has 1 aromatic rings. The fourth-order valence-corrected chi connectivity index (χ4v) is 2.57. The van der Waals surface area contributed by atoms with E-state index in [4.69, 9.17) is 0 Å². The van der Waals surface area contributed by atoms with Gasteiger partial charge in [-0.25, -0.2) is 0 Å². The summed E-state index contributed by atoms with van der Waals surface area (Å²) in [4.78, 5) is 11.2. The predicted molar refractivity (Wildman–Crippen MR) is 80.9 cm³/mol. The molecule has 0 heterocycles.